The van der Waals surface area contributed by atoms with Crippen LogP contribution in [-0.4, -0.2) is 7.11 Å². The molecule has 0 atom stereocenters. The molecule has 0 N–H and O–H groups in total. The van der Waals surface area contributed by atoms with E-state index in [9.17, 15) is 0 Å². The van der Waals surface area contributed by atoms with E-state index >= 15 is 0 Å². The highest BCUT2D eigenvalue weighted by atomic mass is 16.5. The molecule has 2 aromatic rings. The lowest BCUT2D eigenvalue weighted by molar-refractivity contribution is 0.253. The summed E-state index contributed by atoms with van der Waals surface area (Å²) in [5, 5.41) is 0. The van der Waals surface area contributed by atoms with Gasteiger partial charge in [-0.3, -0.25) is 0 Å². The summed E-state index contributed by atoms with van der Waals surface area (Å²) in [6.45, 7) is 4.43. The van der Waals surface area contributed by atoms with Crippen molar-refractivity contribution >= 4 is 0 Å². The Morgan fingerprint density at radius 2 is 1.34 bits per heavy atom. The molecule has 1 heteroatoms. The van der Waals surface area contributed by atoms with Crippen molar-refractivity contribution in [3.8, 4) is 5.75 Å². The summed E-state index contributed by atoms with van der Waals surface area (Å²) in [7, 11) is 1.79. The average Bonchev–Trinajstić information content (AvgIpc) is 2.83. The highest BCUT2D eigenvalue weighted by Gasteiger charge is 2.21. The maximum atomic E-state index is 5.54. The lowest BCUT2D eigenvalue weighted by Crippen LogP contribution is -2.16. The molecule has 32 heavy (non-hydrogen) atoms. The fourth-order valence-electron chi connectivity index (χ4n) is 5.23. The van der Waals surface area contributed by atoms with Crippen molar-refractivity contribution in [2.45, 2.75) is 90.9 Å². The van der Waals surface area contributed by atoms with E-state index in [0.717, 1.165) is 36.8 Å². The summed E-state index contributed by atoms with van der Waals surface area (Å²) in [4.78, 5) is 0. The molecule has 0 aliphatic heterocycles. The normalized spacial score (nSPS) is 18.8. The van der Waals surface area contributed by atoms with E-state index in [0.29, 0.717) is 0 Å². The van der Waals surface area contributed by atoms with Crippen LogP contribution in [0.5, 0.6) is 5.75 Å². The minimum Gasteiger partial charge on any atom is -0.496 e. The highest BCUT2D eigenvalue weighted by molar-refractivity contribution is 5.37. The molecular formula is C31H44O. The van der Waals surface area contributed by atoms with Crippen molar-refractivity contribution in [3.05, 3.63) is 76.9 Å². The van der Waals surface area contributed by atoms with Gasteiger partial charge in [0.1, 0.15) is 5.75 Å². The molecule has 1 fully saturated rings. The highest BCUT2D eigenvalue weighted by Crippen LogP contribution is 2.34. The maximum absolute atomic E-state index is 5.54. The summed E-state index contributed by atoms with van der Waals surface area (Å²) in [5.74, 6) is 2.90. The Morgan fingerprint density at radius 1 is 0.750 bits per heavy atom. The van der Waals surface area contributed by atoms with Gasteiger partial charge in [0.05, 0.1) is 7.11 Å². The molecule has 2 aromatic carbocycles. The molecule has 1 saturated carbocycles. The Labute approximate surface area is 197 Å². The fraction of sp³-hybridized carbons (Fsp3) is 0.548. The smallest absolute Gasteiger partial charge is 0.122 e. The van der Waals surface area contributed by atoms with E-state index in [-0.39, 0.29) is 0 Å². The Bertz CT molecular complexity index is 809. The predicted octanol–water partition coefficient (Wildman–Crippen LogP) is 8.53. The standard InChI is InChI=1S/C31H44O/c1-4-6-7-9-25-10-12-26(13-11-25)14-15-27-16-18-28(19-17-27)20-21-29-22-23-31(32-3)30(24-29)8-5-2/h6-7,10-13,22-24,27-28H,4-5,8-9,14-21H2,1-3H3. The van der Waals surface area contributed by atoms with Gasteiger partial charge in [-0.1, -0.05) is 94.5 Å². The molecule has 0 amide bonds. The van der Waals surface area contributed by atoms with Crippen LogP contribution in [0.3, 0.4) is 0 Å². The van der Waals surface area contributed by atoms with Crippen molar-refractivity contribution in [3.63, 3.8) is 0 Å². The van der Waals surface area contributed by atoms with Crippen molar-refractivity contribution < 1.29 is 4.74 Å². The molecule has 0 aromatic heterocycles. The third-order valence-corrected chi connectivity index (χ3v) is 7.29. The Balaban J connectivity index is 1.37. The van der Waals surface area contributed by atoms with E-state index < -0.39 is 0 Å². The average molecular weight is 433 g/mol. The monoisotopic (exact) mass is 432 g/mol. The molecule has 174 valence electrons. The van der Waals surface area contributed by atoms with Gasteiger partial charge in [0.2, 0.25) is 0 Å². The van der Waals surface area contributed by atoms with Crippen LogP contribution in [0, 0.1) is 11.8 Å². The second kappa shape index (κ2) is 13.5. The molecule has 3 rings (SSSR count). The predicted molar refractivity (Wildman–Crippen MR) is 139 cm³/mol. The second-order valence-electron chi connectivity index (χ2n) is 9.76. The van der Waals surface area contributed by atoms with Crippen LogP contribution >= 0.6 is 0 Å². The molecule has 0 spiro atoms. The third-order valence-electron chi connectivity index (χ3n) is 7.29. The van der Waals surface area contributed by atoms with Crippen LogP contribution in [-0.2, 0) is 25.7 Å². The van der Waals surface area contributed by atoms with Gasteiger partial charge in [0, 0.05) is 0 Å². The Kier molecular flexibility index (Phi) is 10.4. The van der Waals surface area contributed by atoms with E-state index in [2.05, 4.69) is 68.5 Å². The number of hydrogen-bond donors (Lipinski definition) is 0. The first-order valence-corrected chi connectivity index (χ1v) is 13.1. The maximum Gasteiger partial charge on any atom is 0.122 e. The van der Waals surface area contributed by atoms with Gasteiger partial charge in [-0.2, -0.15) is 0 Å². The number of methoxy groups -OCH3 is 1. The Hall–Kier alpha value is -2.02. The minimum atomic E-state index is 0.915. The Morgan fingerprint density at radius 3 is 1.94 bits per heavy atom. The molecule has 0 unspecified atom stereocenters. The van der Waals surface area contributed by atoms with E-state index in [1.807, 2.05) is 0 Å². The van der Waals surface area contributed by atoms with Crippen LogP contribution in [0.25, 0.3) is 0 Å². The number of hydrogen-bond acceptors (Lipinski definition) is 1. The molecule has 0 saturated heterocycles. The zero-order valence-electron chi connectivity index (χ0n) is 20.7. The van der Waals surface area contributed by atoms with Crippen molar-refractivity contribution in [1.82, 2.24) is 0 Å². The first-order valence-electron chi connectivity index (χ1n) is 13.1. The van der Waals surface area contributed by atoms with Crippen molar-refractivity contribution in [1.29, 1.82) is 0 Å². The summed E-state index contributed by atoms with van der Waals surface area (Å²) in [5.41, 5.74) is 5.81. The fourth-order valence-corrected chi connectivity index (χ4v) is 5.23. The van der Waals surface area contributed by atoms with Crippen molar-refractivity contribution in [2.24, 2.45) is 11.8 Å². The van der Waals surface area contributed by atoms with Crippen molar-refractivity contribution in [2.75, 3.05) is 7.11 Å². The first-order chi connectivity index (χ1) is 15.7. The summed E-state index contributed by atoms with van der Waals surface area (Å²) < 4.78 is 5.54. The SMILES string of the molecule is CCC=CCc1ccc(CCC2CCC(CCc3ccc(OC)c(CCC)c3)CC2)cc1. The van der Waals surface area contributed by atoms with Gasteiger partial charge in [0.15, 0.2) is 0 Å². The molecule has 1 nitrogen and oxygen atoms in total. The van der Waals surface area contributed by atoms with Crippen LogP contribution < -0.4 is 4.74 Å². The summed E-state index contributed by atoms with van der Waals surface area (Å²) in [6, 6.07) is 16.2. The van der Waals surface area contributed by atoms with Gasteiger partial charge in [0.25, 0.3) is 0 Å². The van der Waals surface area contributed by atoms with Gasteiger partial charge in [-0.25, -0.2) is 0 Å². The molecule has 0 heterocycles. The quantitative estimate of drug-likeness (QED) is 0.305. The molecular weight excluding hydrogens is 388 g/mol. The van der Waals surface area contributed by atoms with E-state index in [1.165, 1.54) is 80.0 Å². The molecule has 1 aliphatic carbocycles. The molecule has 0 radical (unpaired) electrons. The van der Waals surface area contributed by atoms with Gasteiger partial charge in [-0.05, 0) is 85.1 Å². The summed E-state index contributed by atoms with van der Waals surface area (Å²) >= 11 is 0. The number of rotatable bonds is 12. The van der Waals surface area contributed by atoms with Gasteiger partial charge < -0.3 is 4.74 Å². The summed E-state index contributed by atoms with van der Waals surface area (Å²) in [6.07, 6.45) is 19.9. The third kappa shape index (κ3) is 7.84. The van der Waals surface area contributed by atoms with E-state index in [4.69, 9.17) is 4.74 Å². The largest absolute Gasteiger partial charge is 0.496 e. The van der Waals surface area contributed by atoms with Crippen LogP contribution in [0.2, 0.25) is 0 Å². The number of benzene rings is 2. The number of allylic oxidation sites excluding steroid dienone is 2. The van der Waals surface area contributed by atoms with Crippen LogP contribution in [0.4, 0.5) is 0 Å². The molecule has 0 bridgehead atoms. The first kappa shape index (κ1) is 24.6. The van der Waals surface area contributed by atoms with Crippen LogP contribution in [0.15, 0.2) is 54.6 Å². The van der Waals surface area contributed by atoms with Gasteiger partial charge in [-0.15, -0.1) is 0 Å². The van der Waals surface area contributed by atoms with Crippen LogP contribution in [0.1, 0.15) is 87.5 Å². The zero-order valence-corrected chi connectivity index (χ0v) is 20.7. The topological polar surface area (TPSA) is 9.23 Å². The van der Waals surface area contributed by atoms with Gasteiger partial charge >= 0.3 is 0 Å². The lowest BCUT2D eigenvalue weighted by Gasteiger charge is -2.28. The lowest BCUT2D eigenvalue weighted by atomic mass is 9.77. The molecule has 1 aliphatic rings. The zero-order chi connectivity index (χ0) is 22.6. The number of ether oxygens (including phenoxy) is 1. The van der Waals surface area contributed by atoms with E-state index in [1.54, 1.807) is 7.11 Å². The number of aryl methyl sites for hydroxylation is 3. The minimum absolute atomic E-state index is 0.915. The second-order valence-corrected chi connectivity index (χ2v) is 9.76.